The highest BCUT2D eigenvalue weighted by molar-refractivity contribution is 5.77. The van der Waals surface area contributed by atoms with E-state index in [9.17, 15) is 9.18 Å². The number of aromatic nitrogens is 2. The van der Waals surface area contributed by atoms with Gasteiger partial charge in [0, 0.05) is 45.0 Å². The summed E-state index contributed by atoms with van der Waals surface area (Å²) in [5, 5.41) is 0. The second-order valence-corrected chi connectivity index (χ2v) is 7.48. The second kappa shape index (κ2) is 8.46. The fourth-order valence-electron chi connectivity index (χ4n) is 3.56. The second-order valence-electron chi connectivity index (χ2n) is 7.48. The molecule has 144 valence electrons. The highest BCUT2D eigenvalue weighted by Crippen LogP contribution is 2.30. The molecular weight excluding hydrogens is 343 g/mol. The van der Waals surface area contributed by atoms with Crippen molar-refractivity contribution in [1.29, 1.82) is 0 Å². The van der Waals surface area contributed by atoms with E-state index < -0.39 is 0 Å². The summed E-state index contributed by atoms with van der Waals surface area (Å²) >= 11 is 0. The normalized spacial score (nSPS) is 15.9. The number of hydrogen-bond donors (Lipinski definition) is 0. The number of nitrogens with zero attached hydrogens (tertiary/aromatic N) is 4. The maximum atomic E-state index is 13.6. The third kappa shape index (κ3) is 4.62. The van der Waals surface area contributed by atoms with Gasteiger partial charge in [-0.2, -0.15) is 0 Å². The van der Waals surface area contributed by atoms with Crippen molar-refractivity contribution < 1.29 is 9.18 Å². The van der Waals surface area contributed by atoms with Crippen LogP contribution in [0.2, 0.25) is 0 Å². The van der Waals surface area contributed by atoms with Crippen LogP contribution in [0.5, 0.6) is 0 Å². The Morgan fingerprint density at radius 2 is 1.81 bits per heavy atom. The lowest BCUT2D eigenvalue weighted by Crippen LogP contribution is -2.49. The van der Waals surface area contributed by atoms with Crippen molar-refractivity contribution in [3.8, 4) is 0 Å². The van der Waals surface area contributed by atoms with E-state index in [-0.39, 0.29) is 17.6 Å². The van der Waals surface area contributed by atoms with E-state index in [0.29, 0.717) is 36.9 Å². The molecule has 2 aromatic rings. The summed E-state index contributed by atoms with van der Waals surface area (Å²) in [6.45, 7) is 8.80. The lowest BCUT2D eigenvalue weighted by Gasteiger charge is -2.35. The Morgan fingerprint density at radius 3 is 2.41 bits per heavy atom. The molecule has 0 saturated carbocycles. The number of piperazine rings is 1. The van der Waals surface area contributed by atoms with Crippen molar-refractivity contribution in [2.45, 2.75) is 33.1 Å². The van der Waals surface area contributed by atoms with Gasteiger partial charge in [0.05, 0.1) is 0 Å². The Kier molecular flexibility index (Phi) is 6.04. The lowest BCUT2D eigenvalue weighted by molar-refractivity contribution is -0.132. The Morgan fingerprint density at radius 1 is 1.15 bits per heavy atom. The molecule has 1 aromatic heterocycles. The molecule has 5 nitrogen and oxygen atoms in total. The van der Waals surface area contributed by atoms with Gasteiger partial charge in [-0.3, -0.25) is 4.79 Å². The summed E-state index contributed by atoms with van der Waals surface area (Å²) in [7, 11) is 0. The van der Waals surface area contributed by atoms with Crippen LogP contribution in [0.3, 0.4) is 0 Å². The molecule has 1 amide bonds. The number of aryl methyl sites for hydroxylation is 1. The molecule has 1 atom stereocenters. The van der Waals surface area contributed by atoms with Crippen LogP contribution in [0.15, 0.2) is 36.7 Å². The van der Waals surface area contributed by atoms with Crippen molar-refractivity contribution in [2.24, 2.45) is 5.92 Å². The van der Waals surface area contributed by atoms with Gasteiger partial charge in [-0.1, -0.05) is 26.0 Å². The first-order valence-electron chi connectivity index (χ1n) is 9.51. The third-order valence-electron chi connectivity index (χ3n) is 5.28. The van der Waals surface area contributed by atoms with Crippen molar-refractivity contribution >= 4 is 11.9 Å². The molecule has 27 heavy (non-hydrogen) atoms. The third-order valence-corrected chi connectivity index (χ3v) is 5.28. The molecule has 1 aromatic carbocycles. The number of amides is 1. The van der Waals surface area contributed by atoms with Crippen LogP contribution < -0.4 is 4.90 Å². The maximum absolute atomic E-state index is 13.6. The van der Waals surface area contributed by atoms with Crippen LogP contribution in [0.25, 0.3) is 0 Å². The molecule has 1 aliphatic rings. The quantitative estimate of drug-likeness (QED) is 0.809. The van der Waals surface area contributed by atoms with Crippen LogP contribution in [0.1, 0.15) is 37.3 Å². The van der Waals surface area contributed by atoms with Crippen LogP contribution in [-0.4, -0.2) is 47.0 Å². The van der Waals surface area contributed by atoms with Crippen molar-refractivity contribution in [3.05, 3.63) is 53.6 Å². The van der Waals surface area contributed by atoms with Gasteiger partial charge in [0.25, 0.3) is 0 Å². The number of hydrogen-bond acceptors (Lipinski definition) is 4. The molecule has 0 radical (unpaired) electrons. The fraction of sp³-hybridized carbons (Fsp3) is 0.476. The van der Waals surface area contributed by atoms with Crippen LogP contribution >= 0.6 is 0 Å². The molecule has 0 aliphatic carbocycles. The fourth-order valence-corrected chi connectivity index (χ4v) is 3.56. The van der Waals surface area contributed by atoms with E-state index in [2.05, 4.69) is 28.7 Å². The number of carbonyl (C=O) groups is 1. The smallest absolute Gasteiger partial charge is 0.225 e. The monoisotopic (exact) mass is 370 g/mol. The topological polar surface area (TPSA) is 49.3 Å². The van der Waals surface area contributed by atoms with Crippen LogP contribution in [-0.2, 0) is 4.79 Å². The Labute approximate surface area is 160 Å². The van der Waals surface area contributed by atoms with Gasteiger partial charge in [0.1, 0.15) is 5.82 Å². The number of benzene rings is 1. The van der Waals surface area contributed by atoms with Gasteiger partial charge in [-0.25, -0.2) is 14.4 Å². The first-order chi connectivity index (χ1) is 13.0. The summed E-state index contributed by atoms with van der Waals surface area (Å²) in [5.74, 6) is 1.06. The predicted octanol–water partition coefficient (Wildman–Crippen LogP) is 3.40. The average molecular weight is 370 g/mol. The van der Waals surface area contributed by atoms with Gasteiger partial charge in [-0.15, -0.1) is 0 Å². The van der Waals surface area contributed by atoms with Gasteiger partial charge in [0.15, 0.2) is 0 Å². The van der Waals surface area contributed by atoms with Crippen molar-refractivity contribution in [1.82, 2.24) is 14.9 Å². The predicted molar refractivity (Wildman–Crippen MR) is 104 cm³/mol. The summed E-state index contributed by atoms with van der Waals surface area (Å²) in [6, 6.07) is 6.98. The van der Waals surface area contributed by atoms with Gasteiger partial charge < -0.3 is 9.80 Å². The number of halogens is 1. The largest absolute Gasteiger partial charge is 0.339 e. The molecule has 1 aliphatic heterocycles. The summed E-state index contributed by atoms with van der Waals surface area (Å²) in [5.41, 5.74) is 1.66. The van der Waals surface area contributed by atoms with E-state index in [1.54, 1.807) is 25.4 Å². The summed E-state index contributed by atoms with van der Waals surface area (Å²) in [6.07, 6.45) is 3.92. The Balaban J connectivity index is 1.62. The van der Waals surface area contributed by atoms with E-state index in [1.807, 2.05) is 17.0 Å². The standard InChI is InChI=1S/C21H27FN4O/c1-15(2)18(17-5-6-19(22)16(3)13-17)14-20(27)25-9-11-26(12-10-25)21-23-7-4-8-24-21/h4-8,13,15,18H,9-12,14H2,1-3H3. The summed E-state index contributed by atoms with van der Waals surface area (Å²) < 4.78 is 13.6. The average Bonchev–Trinajstić information content (AvgIpc) is 2.69. The Hall–Kier alpha value is -2.50. The van der Waals surface area contributed by atoms with Crippen LogP contribution in [0.4, 0.5) is 10.3 Å². The highest BCUT2D eigenvalue weighted by atomic mass is 19.1. The Bertz CT molecular complexity index is 773. The lowest BCUT2D eigenvalue weighted by atomic mass is 9.84. The zero-order valence-electron chi connectivity index (χ0n) is 16.2. The number of carbonyl (C=O) groups excluding carboxylic acids is 1. The van der Waals surface area contributed by atoms with E-state index in [4.69, 9.17) is 0 Å². The minimum Gasteiger partial charge on any atom is -0.339 e. The van der Waals surface area contributed by atoms with Crippen molar-refractivity contribution in [2.75, 3.05) is 31.1 Å². The number of anilines is 1. The molecule has 0 spiro atoms. The number of rotatable bonds is 5. The summed E-state index contributed by atoms with van der Waals surface area (Å²) in [4.78, 5) is 25.5. The van der Waals surface area contributed by atoms with E-state index in [1.165, 1.54) is 6.07 Å². The molecule has 1 saturated heterocycles. The van der Waals surface area contributed by atoms with Gasteiger partial charge >= 0.3 is 0 Å². The maximum Gasteiger partial charge on any atom is 0.225 e. The molecule has 1 fully saturated rings. The van der Waals surface area contributed by atoms with Gasteiger partial charge in [-0.05, 0) is 42.0 Å². The zero-order valence-corrected chi connectivity index (χ0v) is 16.2. The van der Waals surface area contributed by atoms with Crippen molar-refractivity contribution in [3.63, 3.8) is 0 Å². The molecular formula is C21H27FN4O. The van der Waals surface area contributed by atoms with Gasteiger partial charge in [0.2, 0.25) is 11.9 Å². The minimum atomic E-state index is -0.202. The van der Waals surface area contributed by atoms with Crippen LogP contribution in [0, 0.1) is 18.7 Å². The molecule has 0 bridgehead atoms. The SMILES string of the molecule is Cc1cc(C(CC(=O)N2CCN(c3ncccn3)CC2)C(C)C)ccc1F. The molecule has 2 heterocycles. The molecule has 1 unspecified atom stereocenters. The highest BCUT2D eigenvalue weighted by Gasteiger charge is 2.26. The molecule has 6 heteroatoms. The molecule has 0 N–H and O–H groups in total. The zero-order chi connectivity index (χ0) is 19.4. The van der Waals surface area contributed by atoms with E-state index >= 15 is 0 Å². The minimum absolute atomic E-state index is 0.0901. The van der Waals surface area contributed by atoms with E-state index in [0.717, 1.165) is 18.7 Å². The molecule has 3 rings (SSSR count). The first kappa shape index (κ1) is 19.3. The first-order valence-corrected chi connectivity index (χ1v) is 9.51.